The van der Waals surface area contributed by atoms with Crippen LogP contribution in [0.3, 0.4) is 0 Å². The molecule has 0 unspecified atom stereocenters. The lowest BCUT2D eigenvalue weighted by atomic mass is 10.4. The SMILES string of the molecule is CN(C)C(=O)c1cc(N)on1. The van der Waals surface area contributed by atoms with E-state index in [1.54, 1.807) is 14.1 Å². The number of carbonyl (C=O) groups is 1. The summed E-state index contributed by atoms with van der Waals surface area (Å²) in [7, 11) is 3.26. The molecule has 1 amide bonds. The summed E-state index contributed by atoms with van der Waals surface area (Å²) < 4.78 is 4.52. The number of nitrogen functional groups attached to an aromatic ring is 1. The van der Waals surface area contributed by atoms with Gasteiger partial charge in [0.25, 0.3) is 5.91 Å². The normalized spacial score (nSPS) is 9.64. The smallest absolute Gasteiger partial charge is 0.275 e. The number of rotatable bonds is 1. The molecule has 0 aliphatic rings. The second kappa shape index (κ2) is 2.61. The molecule has 0 bridgehead atoms. The summed E-state index contributed by atoms with van der Waals surface area (Å²) in [6.45, 7) is 0. The van der Waals surface area contributed by atoms with Gasteiger partial charge in [-0.25, -0.2) is 0 Å². The first-order valence-corrected chi connectivity index (χ1v) is 3.05. The van der Waals surface area contributed by atoms with E-state index in [4.69, 9.17) is 5.73 Å². The van der Waals surface area contributed by atoms with Gasteiger partial charge in [0.1, 0.15) is 0 Å². The Morgan fingerprint density at radius 3 is 2.73 bits per heavy atom. The second-order valence-corrected chi connectivity index (χ2v) is 2.31. The summed E-state index contributed by atoms with van der Waals surface area (Å²) in [5, 5.41) is 3.45. The van der Waals surface area contributed by atoms with Gasteiger partial charge >= 0.3 is 0 Å². The third-order valence-corrected chi connectivity index (χ3v) is 1.15. The average Bonchev–Trinajstić information content (AvgIpc) is 2.34. The maximum Gasteiger partial charge on any atom is 0.275 e. The average molecular weight is 155 g/mol. The van der Waals surface area contributed by atoms with E-state index in [0.29, 0.717) is 0 Å². The van der Waals surface area contributed by atoms with Crippen LogP contribution < -0.4 is 5.73 Å². The molecule has 5 heteroatoms. The van der Waals surface area contributed by atoms with Crippen molar-refractivity contribution in [3.8, 4) is 0 Å². The Bertz CT molecular complexity index is 267. The molecule has 60 valence electrons. The molecular weight excluding hydrogens is 146 g/mol. The molecule has 11 heavy (non-hydrogen) atoms. The minimum absolute atomic E-state index is 0.148. The van der Waals surface area contributed by atoms with Crippen molar-refractivity contribution in [1.82, 2.24) is 10.1 Å². The van der Waals surface area contributed by atoms with Crippen molar-refractivity contribution in [2.75, 3.05) is 19.8 Å². The highest BCUT2D eigenvalue weighted by Gasteiger charge is 2.12. The molecule has 0 radical (unpaired) electrons. The highest BCUT2D eigenvalue weighted by atomic mass is 16.5. The molecule has 0 aromatic carbocycles. The fourth-order valence-corrected chi connectivity index (χ4v) is 0.619. The first-order valence-electron chi connectivity index (χ1n) is 3.05. The number of hydrogen-bond acceptors (Lipinski definition) is 4. The maximum atomic E-state index is 11.1. The largest absolute Gasteiger partial charge is 0.368 e. The molecule has 0 saturated heterocycles. The van der Waals surface area contributed by atoms with Crippen LogP contribution in [0.25, 0.3) is 0 Å². The van der Waals surface area contributed by atoms with E-state index in [2.05, 4.69) is 9.68 Å². The third-order valence-electron chi connectivity index (χ3n) is 1.15. The first kappa shape index (κ1) is 7.59. The maximum absolute atomic E-state index is 11.1. The van der Waals surface area contributed by atoms with Crippen molar-refractivity contribution in [1.29, 1.82) is 0 Å². The van der Waals surface area contributed by atoms with Crippen LogP contribution in [0.5, 0.6) is 0 Å². The second-order valence-electron chi connectivity index (χ2n) is 2.31. The van der Waals surface area contributed by atoms with Crippen molar-refractivity contribution in [3.63, 3.8) is 0 Å². The van der Waals surface area contributed by atoms with Crippen molar-refractivity contribution >= 4 is 11.8 Å². The lowest BCUT2D eigenvalue weighted by Gasteiger charge is -2.05. The molecule has 0 saturated carbocycles. The van der Waals surface area contributed by atoms with Crippen molar-refractivity contribution < 1.29 is 9.32 Å². The third kappa shape index (κ3) is 1.49. The predicted molar refractivity (Wildman–Crippen MR) is 38.9 cm³/mol. The van der Waals surface area contributed by atoms with Crippen LogP contribution in [-0.2, 0) is 0 Å². The Kier molecular flexibility index (Phi) is 1.80. The number of nitrogens with zero attached hydrogens (tertiary/aromatic N) is 2. The quantitative estimate of drug-likeness (QED) is 0.617. The molecule has 0 fully saturated rings. The Labute approximate surface area is 63.8 Å². The van der Waals surface area contributed by atoms with Gasteiger partial charge in [-0.15, -0.1) is 0 Å². The van der Waals surface area contributed by atoms with E-state index in [9.17, 15) is 4.79 Å². The van der Waals surface area contributed by atoms with Gasteiger partial charge in [-0.05, 0) is 0 Å². The minimum Gasteiger partial charge on any atom is -0.368 e. The highest BCUT2D eigenvalue weighted by molar-refractivity contribution is 5.92. The van der Waals surface area contributed by atoms with Gasteiger partial charge in [0.05, 0.1) is 0 Å². The summed E-state index contributed by atoms with van der Waals surface area (Å²) in [5.74, 6) is -0.0688. The number of hydrogen-bond donors (Lipinski definition) is 1. The van der Waals surface area contributed by atoms with Gasteiger partial charge in [-0.2, -0.15) is 0 Å². The minimum atomic E-state index is -0.217. The first-order chi connectivity index (χ1) is 5.11. The molecule has 2 N–H and O–H groups in total. The Hall–Kier alpha value is -1.52. The van der Waals surface area contributed by atoms with Gasteiger partial charge in [0.15, 0.2) is 5.69 Å². The summed E-state index contributed by atoms with van der Waals surface area (Å²) in [6.07, 6.45) is 0. The monoisotopic (exact) mass is 155 g/mol. The van der Waals surface area contributed by atoms with E-state index in [0.717, 1.165) is 0 Å². The van der Waals surface area contributed by atoms with Gasteiger partial charge in [0.2, 0.25) is 5.88 Å². The Morgan fingerprint density at radius 1 is 1.73 bits per heavy atom. The van der Waals surface area contributed by atoms with E-state index >= 15 is 0 Å². The van der Waals surface area contributed by atoms with Crippen LogP contribution in [0.2, 0.25) is 0 Å². The zero-order chi connectivity index (χ0) is 8.43. The van der Waals surface area contributed by atoms with Gasteiger partial charge in [-0.1, -0.05) is 5.16 Å². The van der Waals surface area contributed by atoms with Crippen LogP contribution >= 0.6 is 0 Å². The summed E-state index contributed by atoms with van der Waals surface area (Å²) in [5.41, 5.74) is 5.45. The summed E-state index contributed by atoms with van der Waals surface area (Å²) >= 11 is 0. The lowest BCUT2D eigenvalue weighted by molar-refractivity contribution is 0.0817. The van der Waals surface area contributed by atoms with E-state index in [1.807, 2.05) is 0 Å². The molecule has 1 heterocycles. The molecule has 1 rings (SSSR count). The molecular formula is C6H9N3O2. The Balaban J connectivity index is 2.85. The van der Waals surface area contributed by atoms with Crippen molar-refractivity contribution in [2.24, 2.45) is 0 Å². The van der Waals surface area contributed by atoms with Crippen LogP contribution in [0.4, 0.5) is 5.88 Å². The summed E-state index contributed by atoms with van der Waals surface area (Å²) in [6, 6.07) is 1.39. The standard InChI is InChI=1S/C6H9N3O2/c1-9(2)6(10)4-3-5(7)11-8-4/h3H,7H2,1-2H3. The van der Waals surface area contributed by atoms with E-state index < -0.39 is 0 Å². The van der Waals surface area contributed by atoms with E-state index in [1.165, 1.54) is 11.0 Å². The molecule has 0 atom stereocenters. The zero-order valence-corrected chi connectivity index (χ0v) is 6.37. The summed E-state index contributed by atoms with van der Waals surface area (Å²) in [4.78, 5) is 12.5. The zero-order valence-electron chi connectivity index (χ0n) is 6.37. The highest BCUT2D eigenvalue weighted by Crippen LogP contribution is 2.05. The van der Waals surface area contributed by atoms with E-state index in [-0.39, 0.29) is 17.5 Å². The van der Waals surface area contributed by atoms with Gasteiger partial charge in [0, 0.05) is 20.2 Å². The number of aromatic nitrogens is 1. The van der Waals surface area contributed by atoms with Gasteiger partial charge in [-0.3, -0.25) is 4.79 Å². The fraction of sp³-hybridized carbons (Fsp3) is 0.333. The van der Waals surface area contributed by atoms with Crippen LogP contribution in [0.15, 0.2) is 10.6 Å². The fourth-order valence-electron chi connectivity index (χ4n) is 0.619. The molecule has 0 aliphatic heterocycles. The molecule has 1 aromatic rings. The number of amides is 1. The van der Waals surface area contributed by atoms with Crippen LogP contribution in [0, 0.1) is 0 Å². The number of carbonyl (C=O) groups excluding carboxylic acids is 1. The molecule has 0 spiro atoms. The Morgan fingerprint density at radius 2 is 2.36 bits per heavy atom. The van der Waals surface area contributed by atoms with Crippen molar-refractivity contribution in [3.05, 3.63) is 11.8 Å². The molecule has 0 aliphatic carbocycles. The van der Waals surface area contributed by atoms with Crippen LogP contribution in [0.1, 0.15) is 10.5 Å². The number of nitrogens with two attached hydrogens (primary N) is 1. The molecule has 5 nitrogen and oxygen atoms in total. The van der Waals surface area contributed by atoms with Crippen molar-refractivity contribution in [2.45, 2.75) is 0 Å². The van der Waals surface area contributed by atoms with Gasteiger partial charge < -0.3 is 15.2 Å². The topological polar surface area (TPSA) is 72.4 Å². The predicted octanol–water partition coefficient (Wildman–Crippen LogP) is -0.0414. The molecule has 1 aromatic heterocycles. The number of anilines is 1. The van der Waals surface area contributed by atoms with Crippen LogP contribution in [-0.4, -0.2) is 30.1 Å². The lowest BCUT2D eigenvalue weighted by Crippen LogP contribution is -2.21.